The van der Waals surface area contributed by atoms with E-state index in [1.54, 1.807) is 23.0 Å². The molecule has 3 heterocycles. The standard InChI is InChI=1S/C25H20Cl3N5O2/c26-17-7-6-16(20(27)10-17)8-18-13-34-32-24(31-18)23-22(12-29-25-21(28)11-30-33(23)25)35-19-3-1-2-15(9-19)14-4-5-14/h1-3,6-7,9-12,14,18H,4-5,8,13H2,(H,31,32). The first-order valence-corrected chi connectivity index (χ1v) is 12.4. The van der Waals surface area contributed by atoms with Crippen LogP contribution in [0.3, 0.4) is 0 Å². The highest BCUT2D eigenvalue weighted by molar-refractivity contribution is 6.35. The van der Waals surface area contributed by atoms with Gasteiger partial charge in [0.1, 0.15) is 17.4 Å². The van der Waals surface area contributed by atoms with E-state index in [-0.39, 0.29) is 6.04 Å². The second-order valence-electron chi connectivity index (χ2n) is 8.66. The van der Waals surface area contributed by atoms with Crippen LogP contribution >= 0.6 is 34.8 Å². The number of hydrogen-bond acceptors (Lipinski definition) is 6. The lowest BCUT2D eigenvalue weighted by molar-refractivity contribution is 0.109. The molecule has 1 fully saturated rings. The summed E-state index contributed by atoms with van der Waals surface area (Å²) in [6.07, 6.45) is 6.21. The molecule has 6 rings (SSSR count). The van der Waals surface area contributed by atoms with Crippen LogP contribution in [0.5, 0.6) is 11.5 Å². The summed E-state index contributed by atoms with van der Waals surface area (Å²) in [5.74, 6) is 2.27. The molecule has 2 aromatic carbocycles. The molecule has 4 aromatic rings. The lowest BCUT2D eigenvalue weighted by Gasteiger charge is -2.25. The van der Waals surface area contributed by atoms with Gasteiger partial charge >= 0.3 is 0 Å². The van der Waals surface area contributed by atoms with Crippen molar-refractivity contribution in [1.29, 1.82) is 0 Å². The topological polar surface area (TPSA) is 73.0 Å². The van der Waals surface area contributed by atoms with Crippen LogP contribution in [0.1, 0.15) is 35.6 Å². The van der Waals surface area contributed by atoms with Crippen LogP contribution in [-0.2, 0) is 11.3 Å². The molecule has 2 aromatic heterocycles. The van der Waals surface area contributed by atoms with Gasteiger partial charge in [0.2, 0.25) is 0 Å². The normalized spacial score (nSPS) is 17.6. The van der Waals surface area contributed by atoms with Gasteiger partial charge in [0, 0.05) is 10.0 Å². The zero-order chi connectivity index (χ0) is 23.9. The third-order valence-corrected chi connectivity index (χ3v) is 6.92. The quantitative estimate of drug-likeness (QED) is 0.320. The van der Waals surface area contributed by atoms with E-state index in [4.69, 9.17) is 44.4 Å². The smallest absolute Gasteiger partial charge is 0.195 e. The van der Waals surface area contributed by atoms with Crippen molar-refractivity contribution in [3.63, 3.8) is 0 Å². The molecule has 7 nitrogen and oxygen atoms in total. The van der Waals surface area contributed by atoms with Crippen molar-refractivity contribution >= 4 is 46.3 Å². The Labute approximate surface area is 216 Å². The minimum absolute atomic E-state index is 0.0959. The monoisotopic (exact) mass is 527 g/mol. The Hall–Kier alpha value is -3.00. The number of ether oxygens (including phenoxy) is 1. The molecule has 0 saturated heterocycles. The van der Waals surface area contributed by atoms with E-state index < -0.39 is 0 Å². The number of oxime groups is 1. The zero-order valence-corrected chi connectivity index (χ0v) is 20.7. The van der Waals surface area contributed by atoms with Crippen LogP contribution in [0.25, 0.3) is 5.65 Å². The Bertz CT molecular complexity index is 1450. The number of rotatable bonds is 6. The van der Waals surface area contributed by atoms with Crippen molar-refractivity contribution in [2.24, 2.45) is 5.16 Å². The number of nitrogens with one attached hydrogen (secondary N) is 1. The second kappa shape index (κ2) is 9.22. The predicted octanol–water partition coefficient (Wildman–Crippen LogP) is 6.25. The van der Waals surface area contributed by atoms with E-state index >= 15 is 0 Å². The molecule has 0 spiro atoms. The molecular weight excluding hydrogens is 509 g/mol. The van der Waals surface area contributed by atoms with Crippen molar-refractivity contribution in [2.75, 3.05) is 6.61 Å². The van der Waals surface area contributed by atoms with Gasteiger partial charge in [0.05, 0.1) is 18.4 Å². The van der Waals surface area contributed by atoms with E-state index in [1.165, 1.54) is 18.4 Å². The molecule has 1 aliphatic carbocycles. The SMILES string of the molecule is Clc1ccc(CC2CON=C(c3c(Oc4cccc(C5CC5)c4)cnc4c(Cl)cnn34)N2)c(Cl)c1. The lowest BCUT2D eigenvalue weighted by atomic mass is 10.1. The Morgan fingerprint density at radius 3 is 2.77 bits per heavy atom. The number of hydrogen-bond donors (Lipinski definition) is 1. The van der Waals surface area contributed by atoms with Crippen LogP contribution in [0.4, 0.5) is 0 Å². The highest BCUT2D eigenvalue weighted by Crippen LogP contribution is 2.41. The van der Waals surface area contributed by atoms with Crippen LogP contribution in [-0.4, -0.2) is 33.1 Å². The Morgan fingerprint density at radius 1 is 1.06 bits per heavy atom. The fourth-order valence-electron chi connectivity index (χ4n) is 4.18. The van der Waals surface area contributed by atoms with Crippen molar-refractivity contribution < 1.29 is 9.57 Å². The summed E-state index contributed by atoms with van der Waals surface area (Å²) in [5.41, 5.74) is 3.28. The molecule has 1 saturated carbocycles. The van der Waals surface area contributed by atoms with Gasteiger partial charge in [-0.15, -0.1) is 0 Å². The van der Waals surface area contributed by atoms with Gasteiger partial charge in [-0.25, -0.2) is 9.50 Å². The third kappa shape index (κ3) is 4.63. The molecule has 10 heteroatoms. The van der Waals surface area contributed by atoms with E-state index in [9.17, 15) is 0 Å². The van der Waals surface area contributed by atoms with Gasteiger partial charge in [-0.05, 0) is 60.6 Å². The molecule has 1 aliphatic heterocycles. The van der Waals surface area contributed by atoms with E-state index in [0.29, 0.717) is 56.9 Å². The number of nitrogens with zero attached hydrogens (tertiary/aromatic N) is 4. The van der Waals surface area contributed by atoms with Gasteiger partial charge in [-0.1, -0.05) is 58.2 Å². The van der Waals surface area contributed by atoms with E-state index in [0.717, 1.165) is 11.3 Å². The average molecular weight is 529 g/mol. The highest BCUT2D eigenvalue weighted by atomic mass is 35.5. The summed E-state index contributed by atoms with van der Waals surface area (Å²) < 4.78 is 7.91. The first kappa shape index (κ1) is 22.5. The van der Waals surface area contributed by atoms with E-state index in [1.807, 2.05) is 24.3 Å². The minimum Gasteiger partial charge on any atom is -0.453 e. The number of amidine groups is 1. The Kier molecular flexibility index (Phi) is 5.92. The van der Waals surface area contributed by atoms with Gasteiger partial charge in [0.25, 0.3) is 0 Å². The maximum absolute atomic E-state index is 6.40. The molecule has 178 valence electrons. The van der Waals surface area contributed by atoms with Crippen LogP contribution in [0.15, 0.2) is 60.0 Å². The van der Waals surface area contributed by atoms with Crippen molar-refractivity contribution in [1.82, 2.24) is 19.9 Å². The Morgan fingerprint density at radius 2 is 1.94 bits per heavy atom. The van der Waals surface area contributed by atoms with Crippen molar-refractivity contribution in [3.8, 4) is 11.5 Å². The molecule has 1 atom stereocenters. The second-order valence-corrected chi connectivity index (χ2v) is 9.92. The molecule has 0 radical (unpaired) electrons. The average Bonchev–Trinajstić information content (AvgIpc) is 3.64. The summed E-state index contributed by atoms with van der Waals surface area (Å²) in [4.78, 5) is 10.1. The van der Waals surface area contributed by atoms with Crippen molar-refractivity contribution in [2.45, 2.75) is 31.2 Å². The van der Waals surface area contributed by atoms with Gasteiger partial charge in [-0.3, -0.25) is 0 Å². The first-order valence-electron chi connectivity index (χ1n) is 11.3. The molecule has 1 N–H and O–H groups in total. The van der Waals surface area contributed by atoms with Crippen LogP contribution < -0.4 is 10.1 Å². The largest absolute Gasteiger partial charge is 0.453 e. The summed E-state index contributed by atoms with van der Waals surface area (Å²) in [7, 11) is 0. The number of halogens is 3. The maximum Gasteiger partial charge on any atom is 0.195 e. The zero-order valence-electron chi connectivity index (χ0n) is 18.4. The number of benzene rings is 2. The summed E-state index contributed by atoms with van der Waals surface area (Å²) in [5, 5.41) is 13.8. The van der Waals surface area contributed by atoms with Gasteiger partial charge < -0.3 is 14.9 Å². The highest BCUT2D eigenvalue weighted by Gasteiger charge is 2.27. The van der Waals surface area contributed by atoms with Gasteiger partial charge in [-0.2, -0.15) is 5.10 Å². The third-order valence-electron chi connectivity index (χ3n) is 6.06. The summed E-state index contributed by atoms with van der Waals surface area (Å²) in [6, 6.07) is 13.5. The van der Waals surface area contributed by atoms with Crippen molar-refractivity contribution in [3.05, 3.63) is 86.7 Å². The first-order chi connectivity index (χ1) is 17.0. The molecular formula is C25H20Cl3N5O2. The Balaban J connectivity index is 1.34. The maximum atomic E-state index is 6.40. The van der Waals surface area contributed by atoms with Gasteiger partial charge in [0.15, 0.2) is 22.9 Å². The summed E-state index contributed by atoms with van der Waals surface area (Å²) >= 11 is 18.8. The molecule has 35 heavy (non-hydrogen) atoms. The molecule has 2 aliphatic rings. The van der Waals surface area contributed by atoms with E-state index in [2.05, 4.69) is 32.7 Å². The summed E-state index contributed by atoms with van der Waals surface area (Å²) in [6.45, 7) is 0.371. The number of aromatic nitrogens is 3. The molecule has 0 amide bonds. The fraction of sp³-hybridized carbons (Fsp3) is 0.240. The molecule has 0 bridgehead atoms. The minimum atomic E-state index is -0.0959. The van der Waals surface area contributed by atoms with Crippen LogP contribution in [0, 0.1) is 0 Å². The lowest BCUT2D eigenvalue weighted by Crippen LogP contribution is -2.44. The van der Waals surface area contributed by atoms with Crippen LogP contribution in [0.2, 0.25) is 15.1 Å². The fourth-order valence-corrected chi connectivity index (χ4v) is 4.84. The predicted molar refractivity (Wildman–Crippen MR) is 136 cm³/mol. The molecule has 1 unspecified atom stereocenters. The number of fused-ring (bicyclic) bond motifs is 1.